The van der Waals surface area contributed by atoms with Crippen molar-refractivity contribution in [2.45, 2.75) is 0 Å². The molecule has 0 aliphatic carbocycles. The minimum absolute atomic E-state index is 0.00375. The van der Waals surface area contributed by atoms with Crippen molar-refractivity contribution in [3.63, 3.8) is 0 Å². The van der Waals surface area contributed by atoms with Gasteiger partial charge < -0.3 is 10.4 Å². The molecule has 2 aromatic rings. The Kier molecular flexibility index (Phi) is 6.02. The number of hydrogen-bond donors (Lipinski definition) is 3. The quantitative estimate of drug-likeness (QED) is 0.536. The fourth-order valence-electron chi connectivity index (χ4n) is 1.74. The maximum absolute atomic E-state index is 13.4. The van der Waals surface area contributed by atoms with E-state index in [0.29, 0.717) is 5.56 Å². The molecule has 0 spiro atoms. The largest absolute Gasteiger partial charge is 0.507 e. The number of benzene rings is 2. The monoisotopic (exact) mass is 393 g/mol. The van der Waals surface area contributed by atoms with Crippen molar-refractivity contribution in [3.8, 4) is 5.75 Å². The third kappa shape index (κ3) is 4.88. The molecule has 0 atom stereocenters. The van der Waals surface area contributed by atoms with Crippen LogP contribution in [0.2, 0.25) is 0 Å². The van der Waals surface area contributed by atoms with Crippen molar-refractivity contribution in [1.29, 1.82) is 0 Å². The van der Waals surface area contributed by atoms with Crippen LogP contribution >= 0.6 is 15.9 Å². The van der Waals surface area contributed by atoms with Gasteiger partial charge >= 0.3 is 0 Å². The Hall–Kier alpha value is -2.74. The van der Waals surface area contributed by atoms with E-state index in [2.05, 4.69) is 31.8 Å². The molecule has 0 radical (unpaired) electrons. The Labute approximate surface area is 145 Å². The second kappa shape index (κ2) is 8.21. The van der Waals surface area contributed by atoms with E-state index in [-0.39, 0.29) is 17.9 Å². The summed E-state index contributed by atoms with van der Waals surface area (Å²) in [4.78, 5) is 23.3. The molecule has 2 aromatic carbocycles. The van der Waals surface area contributed by atoms with Gasteiger partial charge in [0.2, 0.25) is 0 Å². The molecule has 24 heavy (non-hydrogen) atoms. The third-order valence-electron chi connectivity index (χ3n) is 2.91. The molecule has 0 aliphatic rings. The number of hydrogen-bond acceptors (Lipinski definition) is 4. The predicted molar refractivity (Wildman–Crippen MR) is 90.3 cm³/mol. The molecule has 0 fully saturated rings. The number of phenols is 1. The Bertz CT molecular complexity index is 796. The molecular weight excluding hydrogens is 381 g/mol. The van der Waals surface area contributed by atoms with E-state index in [1.54, 1.807) is 12.1 Å². The van der Waals surface area contributed by atoms with E-state index < -0.39 is 17.6 Å². The van der Waals surface area contributed by atoms with Crippen LogP contribution in [0.4, 0.5) is 4.39 Å². The van der Waals surface area contributed by atoms with E-state index in [1.807, 2.05) is 0 Å². The van der Waals surface area contributed by atoms with Crippen molar-refractivity contribution < 1.29 is 19.1 Å². The maximum atomic E-state index is 13.4. The first-order valence-electron chi connectivity index (χ1n) is 6.80. The average Bonchev–Trinajstić information content (AvgIpc) is 2.56. The van der Waals surface area contributed by atoms with Gasteiger partial charge in [0.15, 0.2) is 0 Å². The van der Waals surface area contributed by atoms with Crippen LogP contribution in [0.5, 0.6) is 5.75 Å². The topological polar surface area (TPSA) is 90.8 Å². The van der Waals surface area contributed by atoms with Crippen LogP contribution in [0.3, 0.4) is 0 Å². The summed E-state index contributed by atoms with van der Waals surface area (Å²) >= 11 is 3.25. The molecule has 0 unspecified atom stereocenters. The number of amides is 2. The lowest BCUT2D eigenvalue weighted by Crippen LogP contribution is -2.35. The van der Waals surface area contributed by atoms with E-state index in [1.165, 1.54) is 30.5 Å². The summed E-state index contributed by atoms with van der Waals surface area (Å²) in [5, 5.41) is 15.6. The number of halogens is 2. The summed E-state index contributed by atoms with van der Waals surface area (Å²) < 4.78 is 14.2. The molecule has 0 saturated heterocycles. The molecule has 0 saturated carbocycles. The molecule has 2 amide bonds. The Morgan fingerprint density at radius 2 is 2.00 bits per heavy atom. The molecule has 2 rings (SSSR count). The van der Waals surface area contributed by atoms with Gasteiger partial charge in [0.05, 0.1) is 18.3 Å². The number of nitrogens with zero attached hydrogens (tertiary/aromatic N) is 1. The summed E-state index contributed by atoms with van der Waals surface area (Å²) in [5.41, 5.74) is 2.45. The zero-order valence-corrected chi connectivity index (χ0v) is 13.9. The van der Waals surface area contributed by atoms with Crippen molar-refractivity contribution in [3.05, 3.63) is 63.9 Å². The standard InChI is InChI=1S/C16H13BrFN3O3/c17-11-5-6-14(22)10(7-11)8-20-21-15(23)9-19-16(24)12-3-1-2-4-13(12)18/h1-8,22H,9H2,(H,19,24)(H,21,23). The smallest absolute Gasteiger partial charge is 0.259 e. The SMILES string of the molecule is O=C(CNC(=O)c1ccccc1F)NN=Cc1cc(Br)ccc1O. The number of carbonyl (C=O) groups is 2. The van der Waals surface area contributed by atoms with Crippen LogP contribution in [-0.4, -0.2) is 29.7 Å². The summed E-state index contributed by atoms with van der Waals surface area (Å²) in [7, 11) is 0. The first-order chi connectivity index (χ1) is 11.5. The number of nitrogens with one attached hydrogen (secondary N) is 2. The van der Waals surface area contributed by atoms with Gasteiger partial charge in [-0.1, -0.05) is 28.1 Å². The Morgan fingerprint density at radius 1 is 1.25 bits per heavy atom. The average molecular weight is 394 g/mol. The molecule has 0 bridgehead atoms. The Balaban J connectivity index is 1.85. The minimum Gasteiger partial charge on any atom is -0.507 e. The molecule has 0 aromatic heterocycles. The zero-order chi connectivity index (χ0) is 17.5. The highest BCUT2D eigenvalue weighted by atomic mass is 79.9. The van der Waals surface area contributed by atoms with Gasteiger partial charge in [-0.3, -0.25) is 9.59 Å². The maximum Gasteiger partial charge on any atom is 0.259 e. The van der Waals surface area contributed by atoms with Crippen molar-refractivity contribution >= 4 is 34.0 Å². The molecule has 3 N–H and O–H groups in total. The van der Waals surface area contributed by atoms with E-state index in [4.69, 9.17) is 0 Å². The first-order valence-corrected chi connectivity index (χ1v) is 7.60. The fourth-order valence-corrected chi connectivity index (χ4v) is 2.12. The van der Waals surface area contributed by atoms with Crippen LogP contribution < -0.4 is 10.7 Å². The summed E-state index contributed by atoms with van der Waals surface area (Å²) in [6.45, 7) is -0.366. The highest BCUT2D eigenvalue weighted by Crippen LogP contribution is 2.19. The van der Waals surface area contributed by atoms with Gasteiger partial charge in [-0.25, -0.2) is 9.82 Å². The lowest BCUT2D eigenvalue weighted by Gasteiger charge is -2.05. The van der Waals surface area contributed by atoms with Gasteiger partial charge in [0.25, 0.3) is 11.8 Å². The zero-order valence-electron chi connectivity index (χ0n) is 12.3. The van der Waals surface area contributed by atoms with Gasteiger partial charge in [-0.15, -0.1) is 0 Å². The molecule has 0 heterocycles. The second-order valence-electron chi connectivity index (χ2n) is 4.66. The fraction of sp³-hybridized carbons (Fsp3) is 0.0625. The molecule has 124 valence electrons. The molecule has 6 nitrogen and oxygen atoms in total. The lowest BCUT2D eigenvalue weighted by molar-refractivity contribution is -0.120. The highest BCUT2D eigenvalue weighted by Gasteiger charge is 2.11. The normalized spacial score (nSPS) is 10.6. The Morgan fingerprint density at radius 3 is 2.75 bits per heavy atom. The number of carbonyl (C=O) groups excluding carboxylic acids is 2. The van der Waals surface area contributed by atoms with Crippen LogP contribution in [0.1, 0.15) is 15.9 Å². The third-order valence-corrected chi connectivity index (χ3v) is 3.40. The predicted octanol–water partition coefficient (Wildman–Crippen LogP) is 2.17. The first kappa shape index (κ1) is 17.6. The highest BCUT2D eigenvalue weighted by molar-refractivity contribution is 9.10. The van der Waals surface area contributed by atoms with Crippen LogP contribution in [-0.2, 0) is 4.79 Å². The summed E-state index contributed by atoms with van der Waals surface area (Å²) in [6, 6.07) is 10.2. The van der Waals surface area contributed by atoms with E-state index in [0.717, 1.165) is 10.5 Å². The second-order valence-corrected chi connectivity index (χ2v) is 5.57. The van der Waals surface area contributed by atoms with Crippen LogP contribution in [0.25, 0.3) is 0 Å². The van der Waals surface area contributed by atoms with Gasteiger partial charge in [-0.05, 0) is 30.3 Å². The van der Waals surface area contributed by atoms with Crippen molar-refractivity contribution in [2.24, 2.45) is 5.10 Å². The number of rotatable bonds is 5. The van der Waals surface area contributed by atoms with E-state index in [9.17, 15) is 19.1 Å². The lowest BCUT2D eigenvalue weighted by atomic mass is 10.2. The van der Waals surface area contributed by atoms with Gasteiger partial charge in [-0.2, -0.15) is 5.10 Å². The summed E-state index contributed by atoms with van der Waals surface area (Å²) in [5.74, 6) is -1.95. The molecular formula is C16H13BrFN3O3. The van der Waals surface area contributed by atoms with Crippen LogP contribution in [0, 0.1) is 5.82 Å². The van der Waals surface area contributed by atoms with Crippen LogP contribution in [0.15, 0.2) is 52.0 Å². The van der Waals surface area contributed by atoms with E-state index >= 15 is 0 Å². The number of hydrazone groups is 1. The van der Waals surface area contributed by atoms with Gasteiger partial charge in [0.1, 0.15) is 11.6 Å². The van der Waals surface area contributed by atoms with Crippen molar-refractivity contribution in [1.82, 2.24) is 10.7 Å². The molecule has 0 aliphatic heterocycles. The summed E-state index contributed by atoms with van der Waals surface area (Å²) in [6.07, 6.45) is 1.26. The van der Waals surface area contributed by atoms with Gasteiger partial charge in [0, 0.05) is 10.0 Å². The number of aromatic hydroxyl groups is 1. The minimum atomic E-state index is -0.697. The number of phenolic OH excluding ortho intramolecular Hbond substituents is 1. The molecule has 8 heteroatoms. The van der Waals surface area contributed by atoms with Crippen molar-refractivity contribution in [2.75, 3.05) is 6.54 Å².